The van der Waals surface area contributed by atoms with Gasteiger partial charge in [-0.05, 0) is 43.2 Å². The predicted molar refractivity (Wildman–Crippen MR) is 81.5 cm³/mol. The zero-order chi connectivity index (χ0) is 13.9. The van der Waals surface area contributed by atoms with Gasteiger partial charge in [-0.2, -0.15) is 4.99 Å². The first-order valence-electron chi connectivity index (χ1n) is 6.79. The Labute approximate surface area is 122 Å². The number of thioether (sulfide) groups is 1. The molecule has 1 aromatic carbocycles. The van der Waals surface area contributed by atoms with Crippen LogP contribution in [0.4, 0.5) is 0 Å². The van der Waals surface area contributed by atoms with Crippen molar-refractivity contribution in [2.24, 2.45) is 4.99 Å². The van der Waals surface area contributed by atoms with Gasteiger partial charge in [-0.25, -0.2) is 0 Å². The van der Waals surface area contributed by atoms with Crippen LogP contribution in [0.2, 0.25) is 0 Å². The Morgan fingerprint density at radius 1 is 1.20 bits per heavy atom. The van der Waals surface area contributed by atoms with Crippen molar-refractivity contribution in [2.45, 2.75) is 19.3 Å². The van der Waals surface area contributed by atoms with Crippen LogP contribution in [0.3, 0.4) is 0 Å². The lowest BCUT2D eigenvalue weighted by Crippen LogP contribution is -2.33. The number of nitrogens with zero attached hydrogens (tertiary/aromatic N) is 2. The summed E-state index contributed by atoms with van der Waals surface area (Å²) >= 11 is 1.41. The fourth-order valence-electron chi connectivity index (χ4n) is 2.37. The summed E-state index contributed by atoms with van der Waals surface area (Å²) in [5.41, 5.74) is 0.651. The summed E-state index contributed by atoms with van der Waals surface area (Å²) in [6, 6.07) is 7.00. The van der Waals surface area contributed by atoms with Crippen molar-refractivity contribution in [3.63, 3.8) is 0 Å². The van der Waals surface area contributed by atoms with Gasteiger partial charge in [0.15, 0.2) is 5.17 Å². The number of piperidine rings is 1. The van der Waals surface area contributed by atoms with Gasteiger partial charge in [0.05, 0.1) is 4.91 Å². The van der Waals surface area contributed by atoms with Crippen molar-refractivity contribution in [1.82, 2.24) is 4.90 Å². The third kappa shape index (κ3) is 2.72. The lowest BCUT2D eigenvalue weighted by atomic mass is 10.1. The van der Waals surface area contributed by atoms with E-state index >= 15 is 0 Å². The molecule has 0 radical (unpaired) electrons. The second kappa shape index (κ2) is 5.71. The standard InChI is InChI=1S/C15H16N2O2S/c18-12-7-3-2-6-11(12)10-13-14(19)16-15(20-13)17-8-4-1-5-9-17/h2-3,6-7,10,18H,1,4-5,8-9H2. The van der Waals surface area contributed by atoms with Crippen molar-refractivity contribution >= 4 is 28.9 Å². The number of carbonyl (C=O) groups is 1. The van der Waals surface area contributed by atoms with E-state index in [1.807, 2.05) is 6.07 Å². The van der Waals surface area contributed by atoms with Crippen LogP contribution in [0, 0.1) is 0 Å². The summed E-state index contributed by atoms with van der Waals surface area (Å²) in [6.45, 7) is 1.95. The van der Waals surface area contributed by atoms with Gasteiger partial charge in [0.25, 0.3) is 5.91 Å². The molecule has 104 valence electrons. The molecule has 2 aliphatic rings. The van der Waals surface area contributed by atoms with E-state index in [4.69, 9.17) is 0 Å². The molecule has 1 amide bonds. The number of amides is 1. The van der Waals surface area contributed by atoms with Crippen LogP contribution in [0.25, 0.3) is 6.08 Å². The molecule has 20 heavy (non-hydrogen) atoms. The number of rotatable bonds is 1. The monoisotopic (exact) mass is 288 g/mol. The molecule has 0 unspecified atom stereocenters. The molecule has 5 heteroatoms. The molecule has 0 spiro atoms. The first-order chi connectivity index (χ1) is 9.74. The molecule has 1 saturated heterocycles. The number of amidine groups is 1. The summed E-state index contributed by atoms with van der Waals surface area (Å²) in [7, 11) is 0. The Morgan fingerprint density at radius 3 is 2.70 bits per heavy atom. The van der Waals surface area contributed by atoms with Gasteiger partial charge < -0.3 is 10.0 Å². The number of hydrogen-bond donors (Lipinski definition) is 1. The summed E-state index contributed by atoms with van der Waals surface area (Å²) in [5, 5.41) is 10.6. The third-order valence-electron chi connectivity index (χ3n) is 3.46. The number of phenolic OH excluding ortho intramolecular Hbond substituents is 1. The molecule has 2 aliphatic heterocycles. The average molecular weight is 288 g/mol. The number of benzene rings is 1. The number of carbonyl (C=O) groups excluding carboxylic acids is 1. The van der Waals surface area contributed by atoms with Gasteiger partial charge in [-0.15, -0.1) is 0 Å². The van der Waals surface area contributed by atoms with E-state index in [9.17, 15) is 9.90 Å². The second-order valence-corrected chi connectivity index (χ2v) is 5.93. The molecule has 2 heterocycles. The number of phenols is 1. The maximum atomic E-state index is 12.0. The molecule has 3 rings (SSSR count). The van der Waals surface area contributed by atoms with Crippen molar-refractivity contribution in [3.05, 3.63) is 34.7 Å². The predicted octanol–water partition coefficient (Wildman–Crippen LogP) is 2.85. The molecule has 4 nitrogen and oxygen atoms in total. The Kier molecular flexibility index (Phi) is 3.78. The van der Waals surface area contributed by atoms with Crippen LogP contribution < -0.4 is 0 Å². The molecule has 0 aliphatic carbocycles. The minimum atomic E-state index is -0.209. The van der Waals surface area contributed by atoms with E-state index in [2.05, 4.69) is 9.89 Å². The molecule has 0 atom stereocenters. The van der Waals surface area contributed by atoms with Crippen molar-refractivity contribution < 1.29 is 9.90 Å². The Morgan fingerprint density at radius 2 is 1.95 bits per heavy atom. The van der Waals surface area contributed by atoms with E-state index in [1.165, 1.54) is 18.2 Å². The van der Waals surface area contributed by atoms with Crippen LogP contribution in [0.15, 0.2) is 34.2 Å². The molecule has 1 aromatic rings. The quantitative estimate of drug-likeness (QED) is 0.807. The number of hydrogen-bond acceptors (Lipinski definition) is 4. The maximum absolute atomic E-state index is 12.0. The fraction of sp³-hybridized carbons (Fsp3) is 0.333. The first-order valence-corrected chi connectivity index (χ1v) is 7.61. The number of likely N-dealkylation sites (tertiary alicyclic amines) is 1. The van der Waals surface area contributed by atoms with E-state index in [1.54, 1.807) is 24.3 Å². The highest BCUT2D eigenvalue weighted by molar-refractivity contribution is 8.18. The molecule has 0 saturated carbocycles. The smallest absolute Gasteiger partial charge is 0.286 e. The summed E-state index contributed by atoms with van der Waals surface area (Å²) in [5.74, 6) is -0.0290. The van der Waals surface area contributed by atoms with Crippen LogP contribution >= 0.6 is 11.8 Å². The Bertz CT molecular complexity index is 589. The molecule has 0 aromatic heterocycles. The molecule has 0 bridgehead atoms. The average Bonchev–Trinajstić information content (AvgIpc) is 2.84. The van der Waals surface area contributed by atoms with Gasteiger partial charge in [-0.1, -0.05) is 18.2 Å². The summed E-state index contributed by atoms with van der Waals surface area (Å²) in [4.78, 5) is 18.8. The van der Waals surface area contributed by atoms with Gasteiger partial charge in [0, 0.05) is 18.7 Å². The topological polar surface area (TPSA) is 52.9 Å². The lowest BCUT2D eigenvalue weighted by molar-refractivity contribution is -0.113. The fourth-order valence-corrected chi connectivity index (χ4v) is 3.33. The van der Waals surface area contributed by atoms with E-state index in [0.717, 1.165) is 31.1 Å². The molecular weight excluding hydrogens is 272 g/mol. The molecule has 1 N–H and O–H groups in total. The van der Waals surface area contributed by atoms with Crippen LogP contribution in [0.1, 0.15) is 24.8 Å². The third-order valence-corrected chi connectivity index (χ3v) is 4.50. The van der Waals surface area contributed by atoms with E-state index in [0.29, 0.717) is 10.5 Å². The number of aliphatic imine (C=N–C) groups is 1. The Hall–Kier alpha value is -1.75. The van der Waals surface area contributed by atoms with E-state index in [-0.39, 0.29) is 11.7 Å². The minimum Gasteiger partial charge on any atom is -0.507 e. The van der Waals surface area contributed by atoms with Crippen molar-refractivity contribution in [3.8, 4) is 5.75 Å². The normalized spacial score (nSPS) is 21.4. The largest absolute Gasteiger partial charge is 0.507 e. The summed E-state index contributed by atoms with van der Waals surface area (Å²) in [6.07, 6.45) is 5.28. The summed E-state index contributed by atoms with van der Waals surface area (Å²) < 4.78 is 0. The SMILES string of the molecule is O=C1N=C(N2CCCCC2)SC1=Cc1ccccc1O. The maximum Gasteiger partial charge on any atom is 0.286 e. The minimum absolute atomic E-state index is 0.180. The molecular formula is C15H16N2O2S. The number of para-hydroxylation sites is 1. The van der Waals surface area contributed by atoms with Crippen LogP contribution in [-0.2, 0) is 4.79 Å². The van der Waals surface area contributed by atoms with Gasteiger partial charge in [0.2, 0.25) is 0 Å². The highest BCUT2D eigenvalue weighted by Gasteiger charge is 2.26. The van der Waals surface area contributed by atoms with Crippen LogP contribution in [0.5, 0.6) is 5.75 Å². The van der Waals surface area contributed by atoms with Crippen LogP contribution in [-0.4, -0.2) is 34.2 Å². The van der Waals surface area contributed by atoms with Gasteiger partial charge >= 0.3 is 0 Å². The van der Waals surface area contributed by atoms with Crippen molar-refractivity contribution in [2.75, 3.05) is 13.1 Å². The highest BCUT2D eigenvalue weighted by Crippen LogP contribution is 2.32. The lowest BCUT2D eigenvalue weighted by Gasteiger charge is -2.27. The zero-order valence-corrected chi connectivity index (χ0v) is 11.9. The first kappa shape index (κ1) is 13.2. The van der Waals surface area contributed by atoms with E-state index < -0.39 is 0 Å². The van der Waals surface area contributed by atoms with Gasteiger partial charge in [-0.3, -0.25) is 4.79 Å². The Balaban J connectivity index is 1.78. The second-order valence-electron chi connectivity index (χ2n) is 4.92. The highest BCUT2D eigenvalue weighted by atomic mass is 32.2. The van der Waals surface area contributed by atoms with Crippen molar-refractivity contribution in [1.29, 1.82) is 0 Å². The zero-order valence-electron chi connectivity index (χ0n) is 11.1. The number of aromatic hydroxyl groups is 1. The van der Waals surface area contributed by atoms with Gasteiger partial charge in [0.1, 0.15) is 5.75 Å². The molecule has 1 fully saturated rings.